The van der Waals surface area contributed by atoms with Crippen LogP contribution in [0.4, 0.5) is 0 Å². The van der Waals surface area contributed by atoms with E-state index in [4.69, 9.17) is 4.74 Å². The lowest BCUT2D eigenvalue weighted by atomic mass is 10.1. The highest BCUT2D eigenvalue weighted by molar-refractivity contribution is 9.09. The van der Waals surface area contributed by atoms with Crippen LogP contribution in [0.3, 0.4) is 0 Å². The molecule has 0 spiro atoms. The van der Waals surface area contributed by atoms with Crippen LogP contribution in [-0.4, -0.2) is 29.0 Å². The summed E-state index contributed by atoms with van der Waals surface area (Å²) in [6.45, 7) is 5.51. The minimum absolute atomic E-state index is 0.478. The van der Waals surface area contributed by atoms with Gasteiger partial charge in [-0.3, -0.25) is 0 Å². The summed E-state index contributed by atoms with van der Waals surface area (Å²) in [5.74, 6) is 2.16. The first-order chi connectivity index (χ1) is 6.74. The van der Waals surface area contributed by atoms with Crippen LogP contribution in [0.1, 0.15) is 33.1 Å². The van der Waals surface area contributed by atoms with Gasteiger partial charge in [-0.15, -0.1) is 0 Å². The van der Waals surface area contributed by atoms with Crippen molar-refractivity contribution in [2.24, 2.45) is 5.92 Å². The number of thioether (sulfide) groups is 1. The Hall–Kier alpha value is 0.790. The minimum atomic E-state index is 0.478. The Balaban J connectivity index is 2.03. The van der Waals surface area contributed by atoms with Gasteiger partial charge in [0, 0.05) is 17.2 Å². The molecule has 0 saturated carbocycles. The monoisotopic (exact) mass is 280 g/mol. The average molecular weight is 281 g/mol. The summed E-state index contributed by atoms with van der Waals surface area (Å²) in [7, 11) is 0. The highest BCUT2D eigenvalue weighted by atomic mass is 79.9. The first kappa shape index (κ1) is 12.9. The van der Waals surface area contributed by atoms with Crippen LogP contribution in [-0.2, 0) is 4.74 Å². The van der Waals surface area contributed by atoms with E-state index in [0.29, 0.717) is 6.10 Å². The molecule has 0 radical (unpaired) electrons. The molecule has 0 amide bonds. The van der Waals surface area contributed by atoms with Crippen molar-refractivity contribution in [3.63, 3.8) is 0 Å². The molecule has 14 heavy (non-hydrogen) atoms. The zero-order valence-corrected chi connectivity index (χ0v) is 11.6. The lowest BCUT2D eigenvalue weighted by molar-refractivity contribution is 0.127. The molecular weight excluding hydrogens is 260 g/mol. The molecule has 1 aliphatic rings. The first-order valence-corrected chi connectivity index (χ1v) is 7.70. The van der Waals surface area contributed by atoms with Gasteiger partial charge in [0.15, 0.2) is 0 Å². The summed E-state index contributed by atoms with van der Waals surface area (Å²) in [4.78, 5) is 0. The molecule has 1 saturated heterocycles. The SMILES string of the molecule is CC(CCBr)CCSC1CCOC1C. The van der Waals surface area contributed by atoms with E-state index in [1.54, 1.807) is 0 Å². The molecule has 1 rings (SSSR count). The number of hydrogen-bond donors (Lipinski definition) is 0. The topological polar surface area (TPSA) is 9.23 Å². The predicted molar refractivity (Wildman–Crippen MR) is 68.5 cm³/mol. The molecule has 0 bridgehead atoms. The fraction of sp³-hybridized carbons (Fsp3) is 1.00. The van der Waals surface area contributed by atoms with E-state index in [9.17, 15) is 0 Å². The van der Waals surface area contributed by atoms with Crippen LogP contribution in [0.2, 0.25) is 0 Å². The second-order valence-corrected chi connectivity index (χ2v) is 6.29. The van der Waals surface area contributed by atoms with E-state index in [1.165, 1.54) is 25.0 Å². The Kier molecular flexibility index (Phi) is 6.55. The first-order valence-electron chi connectivity index (χ1n) is 5.53. The van der Waals surface area contributed by atoms with Crippen molar-refractivity contribution in [2.45, 2.75) is 44.5 Å². The van der Waals surface area contributed by atoms with E-state index in [0.717, 1.165) is 23.1 Å². The fourth-order valence-corrected chi connectivity index (χ4v) is 3.92. The lowest BCUT2D eigenvalue weighted by Gasteiger charge is -2.15. The minimum Gasteiger partial charge on any atom is -0.377 e. The van der Waals surface area contributed by atoms with Crippen molar-refractivity contribution in [3.05, 3.63) is 0 Å². The Labute approximate surface area is 100 Å². The molecular formula is C11H21BrOS. The maximum atomic E-state index is 5.54. The molecule has 1 fully saturated rings. The number of halogens is 1. The summed E-state index contributed by atoms with van der Waals surface area (Å²) >= 11 is 5.60. The summed E-state index contributed by atoms with van der Waals surface area (Å²) in [5, 5.41) is 1.90. The van der Waals surface area contributed by atoms with E-state index in [-0.39, 0.29) is 0 Å². The van der Waals surface area contributed by atoms with Gasteiger partial charge in [0.25, 0.3) is 0 Å². The zero-order chi connectivity index (χ0) is 10.4. The molecule has 1 heterocycles. The third-order valence-corrected chi connectivity index (χ3v) is 4.83. The molecule has 3 heteroatoms. The van der Waals surface area contributed by atoms with Crippen molar-refractivity contribution in [2.75, 3.05) is 17.7 Å². The van der Waals surface area contributed by atoms with E-state index < -0.39 is 0 Å². The second-order valence-electron chi connectivity index (χ2n) is 4.15. The maximum absolute atomic E-state index is 5.54. The van der Waals surface area contributed by atoms with Gasteiger partial charge in [-0.05, 0) is 37.9 Å². The van der Waals surface area contributed by atoms with Crippen LogP contribution in [0.5, 0.6) is 0 Å². The smallest absolute Gasteiger partial charge is 0.0666 e. The molecule has 0 aromatic rings. The van der Waals surface area contributed by atoms with Crippen LogP contribution in [0.25, 0.3) is 0 Å². The van der Waals surface area contributed by atoms with Gasteiger partial charge >= 0.3 is 0 Å². The van der Waals surface area contributed by atoms with Gasteiger partial charge in [0.1, 0.15) is 0 Å². The van der Waals surface area contributed by atoms with Crippen molar-refractivity contribution in [1.82, 2.24) is 0 Å². The second kappa shape index (κ2) is 7.13. The Bertz CT molecular complexity index is 154. The average Bonchev–Trinajstić information content (AvgIpc) is 2.52. The molecule has 84 valence electrons. The number of rotatable bonds is 6. The molecule has 1 nitrogen and oxygen atoms in total. The largest absolute Gasteiger partial charge is 0.377 e. The molecule has 0 aliphatic carbocycles. The molecule has 1 aliphatic heterocycles. The number of hydrogen-bond acceptors (Lipinski definition) is 2. The fourth-order valence-electron chi connectivity index (χ4n) is 1.68. The van der Waals surface area contributed by atoms with E-state index >= 15 is 0 Å². The molecule has 0 aromatic heterocycles. The summed E-state index contributed by atoms with van der Waals surface area (Å²) in [5.41, 5.74) is 0. The highest BCUT2D eigenvalue weighted by Crippen LogP contribution is 2.27. The molecule has 3 unspecified atom stereocenters. The predicted octanol–water partition coefficient (Wildman–Crippen LogP) is 3.71. The van der Waals surface area contributed by atoms with Crippen LogP contribution in [0, 0.1) is 5.92 Å². The third-order valence-electron chi connectivity index (χ3n) is 2.85. The van der Waals surface area contributed by atoms with Crippen molar-refractivity contribution < 1.29 is 4.74 Å². The number of alkyl halides is 1. The van der Waals surface area contributed by atoms with Crippen LogP contribution < -0.4 is 0 Å². The Morgan fingerprint density at radius 1 is 1.50 bits per heavy atom. The summed E-state index contributed by atoms with van der Waals surface area (Å²) < 4.78 is 5.54. The number of ether oxygens (including phenoxy) is 1. The molecule has 0 aromatic carbocycles. The van der Waals surface area contributed by atoms with Crippen LogP contribution in [0.15, 0.2) is 0 Å². The molecule has 3 atom stereocenters. The van der Waals surface area contributed by atoms with Crippen molar-refractivity contribution in [3.8, 4) is 0 Å². The van der Waals surface area contributed by atoms with Gasteiger partial charge < -0.3 is 4.74 Å². The van der Waals surface area contributed by atoms with Crippen LogP contribution >= 0.6 is 27.7 Å². The Morgan fingerprint density at radius 3 is 2.86 bits per heavy atom. The standard InChI is InChI=1S/C11H21BrOS/c1-9(3-6-12)5-8-14-11-4-7-13-10(11)2/h9-11H,3-8H2,1-2H3. The van der Waals surface area contributed by atoms with Gasteiger partial charge in [0.2, 0.25) is 0 Å². The summed E-state index contributed by atoms with van der Waals surface area (Å²) in [6, 6.07) is 0. The third kappa shape index (κ3) is 4.54. The highest BCUT2D eigenvalue weighted by Gasteiger charge is 2.24. The zero-order valence-electron chi connectivity index (χ0n) is 9.17. The molecule has 0 N–H and O–H groups in total. The van der Waals surface area contributed by atoms with Crippen molar-refractivity contribution >= 4 is 27.7 Å². The Morgan fingerprint density at radius 2 is 2.29 bits per heavy atom. The maximum Gasteiger partial charge on any atom is 0.0666 e. The summed E-state index contributed by atoms with van der Waals surface area (Å²) in [6.07, 6.45) is 4.38. The van der Waals surface area contributed by atoms with Gasteiger partial charge in [-0.2, -0.15) is 11.8 Å². The normalized spacial score (nSPS) is 29.4. The quantitative estimate of drug-likeness (QED) is 0.686. The van der Waals surface area contributed by atoms with E-state index in [2.05, 4.69) is 41.5 Å². The van der Waals surface area contributed by atoms with Crippen molar-refractivity contribution in [1.29, 1.82) is 0 Å². The van der Waals surface area contributed by atoms with E-state index in [1.807, 2.05) is 0 Å². The van der Waals surface area contributed by atoms with Gasteiger partial charge in [-0.1, -0.05) is 22.9 Å². The van der Waals surface area contributed by atoms with Gasteiger partial charge in [-0.25, -0.2) is 0 Å². The lowest BCUT2D eigenvalue weighted by Crippen LogP contribution is -2.14. The van der Waals surface area contributed by atoms with Gasteiger partial charge in [0.05, 0.1) is 6.10 Å².